The number of benzene rings is 1. The van der Waals surface area contributed by atoms with E-state index in [4.69, 9.17) is 12.2 Å². The third-order valence-corrected chi connectivity index (χ3v) is 3.18. The highest BCUT2D eigenvalue weighted by molar-refractivity contribution is 7.71. The van der Waals surface area contributed by atoms with E-state index in [2.05, 4.69) is 15.2 Å². The number of aromatic nitrogens is 3. The molecule has 1 N–H and O–H groups in total. The Labute approximate surface area is 110 Å². The molecule has 0 aliphatic rings. The Bertz CT molecular complexity index is 777. The Hall–Kier alpha value is -2.07. The molecule has 88 valence electrons. The maximum Gasteiger partial charge on any atom is 0.127 e. The summed E-state index contributed by atoms with van der Waals surface area (Å²) in [6, 6.07) is 12.0. The van der Waals surface area contributed by atoms with Crippen molar-refractivity contribution in [1.29, 1.82) is 0 Å². The van der Waals surface area contributed by atoms with Gasteiger partial charge in [0.25, 0.3) is 0 Å². The van der Waals surface area contributed by atoms with Crippen molar-refractivity contribution in [2.24, 2.45) is 0 Å². The highest BCUT2D eigenvalue weighted by atomic mass is 32.1. The molecule has 0 radical (unpaired) electrons. The van der Waals surface area contributed by atoms with E-state index in [1.54, 1.807) is 6.20 Å². The van der Waals surface area contributed by atoms with E-state index in [1.165, 1.54) is 0 Å². The van der Waals surface area contributed by atoms with Crippen LogP contribution in [0.15, 0.2) is 42.6 Å². The Morgan fingerprint density at radius 1 is 1.11 bits per heavy atom. The lowest BCUT2D eigenvalue weighted by Crippen LogP contribution is -1.92. The summed E-state index contributed by atoms with van der Waals surface area (Å²) >= 11 is 5.26. The van der Waals surface area contributed by atoms with E-state index in [0.717, 1.165) is 27.7 Å². The van der Waals surface area contributed by atoms with Gasteiger partial charge in [-0.2, -0.15) is 5.10 Å². The predicted octanol–water partition coefficient (Wildman–Crippen LogP) is 3.66. The Balaban J connectivity index is 2.37. The van der Waals surface area contributed by atoms with E-state index < -0.39 is 0 Å². The molecule has 0 fully saturated rings. The summed E-state index contributed by atoms with van der Waals surface area (Å²) in [6.07, 6.45) is 1.79. The van der Waals surface area contributed by atoms with E-state index in [-0.39, 0.29) is 0 Å². The quantitative estimate of drug-likeness (QED) is 0.673. The number of pyridine rings is 1. The minimum Gasteiger partial charge on any atom is -0.267 e. The van der Waals surface area contributed by atoms with Crippen LogP contribution in [0.25, 0.3) is 22.0 Å². The fourth-order valence-electron chi connectivity index (χ4n) is 2.03. The Kier molecular flexibility index (Phi) is 2.64. The first-order valence-corrected chi connectivity index (χ1v) is 6.07. The zero-order valence-electron chi connectivity index (χ0n) is 9.84. The highest BCUT2D eigenvalue weighted by Gasteiger charge is 2.06. The average Bonchev–Trinajstić information content (AvgIpc) is 2.39. The fourth-order valence-corrected chi connectivity index (χ4v) is 2.25. The Morgan fingerprint density at radius 2 is 1.89 bits per heavy atom. The van der Waals surface area contributed by atoms with Crippen LogP contribution in [0.2, 0.25) is 0 Å². The van der Waals surface area contributed by atoms with Crippen LogP contribution in [0.5, 0.6) is 0 Å². The first-order valence-electron chi connectivity index (χ1n) is 5.66. The molecule has 3 rings (SSSR count). The molecular formula is C14H11N3S. The van der Waals surface area contributed by atoms with Crippen molar-refractivity contribution in [1.82, 2.24) is 15.2 Å². The molecule has 0 aliphatic heterocycles. The van der Waals surface area contributed by atoms with E-state index in [1.807, 2.05) is 43.3 Å². The van der Waals surface area contributed by atoms with Gasteiger partial charge in [-0.25, -0.2) is 0 Å². The first-order chi connectivity index (χ1) is 8.75. The minimum atomic E-state index is 0.667. The Morgan fingerprint density at radius 3 is 2.67 bits per heavy atom. The number of hydrogen-bond donors (Lipinski definition) is 1. The minimum absolute atomic E-state index is 0.667. The third-order valence-electron chi connectivity index (χ3n) is 2.87. The van der Waals surface area contributed by atoms with Crippen LogP contribution in [0.4, 0.5) is 0 Å². The molecule has 2 heterocycles. The van der Waals surface area contributed by atoms with Gasteiger partial charge in [-0.1, -0.05) is 36.5 Å². The summed E-state index contributed by atoms with van der Waals surface area (Å²) in [4.78, 5) is 4.20. The van der Waals surface area contributed by atoms with Gasteiger partial charge in [0.2, 0.25) is 0 Å². The second-order valence-corrected chi connectivity index (χ2v) is 4.54. The fraction of sp³-hybridized carbons (Fsp3) is 0.0714. The molecule has 4 heteroatoms. The molecule has 0 bridgehead atoms. The second kappa shape index (κ2) is 4.31. The van der Waals surface area contributed by atoms with Crippen LogP contribution < -0.4 is 0 Å². The maximum absolute atomic E-state index is 5.26. The largest absolute Gasteiger partial charge is 0.267 e. The molecule has 0 amide bonds. The highest BCUT2D eigenvalue weighted by Crippen LogP contribution is 2.26. The van der Waals surface area contributed by atoms with E-state index in [0.29, 0.717) is 4.64 Å². The number of fused-ring (bicyclic) bond motifs is 1. The topological polar surface area (TPSA) is 41.6 Å². The lowest BCUT2D eigenvalue weighted by Gasteiger charge is -2.06. The lowest BCUT2D eigenvalue weighted by atomic mass is 10.1. The number of rotatable bonds is 1. The molecule has 0 saturated carbocycles. The van der Waals surface area contributed by atoms with Crippen molar-refractivity contribution in [3.8, 4) is 11.3 Å². The van der Waals surface area contributed by atoms with Crippen LogP contribution >= 0.6 is 12.2 Å². The van der Waals surface area contributed by atoms with Gasteiger partial charge in [0.05, 0.1) is 5.69 Å². The number of nitrogens with zero attached hydrogens (tertiary/aromatic N) is 2. The third kappa shape index (κ3) is 1.80. The molecule has 0 unspecified atom stereocenters. The van der Waals surface area contributed by atoms with Crippen molar-refractivity contribution in [3.05, 3.63) is 52.9 Å². The second-order valence-electron chi connectivity index (χ2n) is 4.13. The predicted molar refractivity (Wildman–Crippen MR) is 74.9 cm³/mol. The summed E-state index contributed by atoms with van der Waals surface area (Å²) in [5, 5.41) is 9.35. The summed E-state index contributed by atoms with van der Waals surface area (Å²) in [7, 11) is 0. The van der Waals surface area contributed by atoms with Crippen molar-refractivity contribution >= 4 is 23.0 Å². The molecule has 3 aromatic rings. The summed E-state index contributed by atoms with van der Waals surface area (Å²) in [5.74, 6) is 0. The van der Waals surface area contributed by atoms with Gasteiger partial charge in [-0.15, -0.1) is 0 Å². The van der Waals surface area contributed by atoms with Crippen molar-refractivity contribution in [2.75, 3.05) is 0 Å². The van der Waals surface area contributed by atoms with Gasteiger partial charge in [0.1, 0.15) is 4.64 Å². The van der Waals surface area contributed by atoms with Crippen LogP contribution in [-0.2, 0) is 0 Å². The van der Waals surface area contributed by atoms with Crippen molar-refractivity contribution in [2.45, 2.75) is 6.92 Å². The van der Waals surface area contributed by atoms with Crippen LogP contribution in [0.1, 0.15) is 5.69 Å². The smallest absolute Gasteiger partial charge is 0.127 e. The molecule has 0 aliphatic carbocycles. The van der Waals surface area contributed by atoms with Gasteiger partial charge >= 0.3 is 0 Å². The molecule has 2 aromatic heterocycles. The summed E-state index contributed by atoms with van der Waals surface area (Å²) in [6.45, 7) is 1.97. The van der Waals surface area contributed by atoms with Gasteiger partial charge in [-0.05, 0) is 19.1 Å². The number of H-pyrrole nitrogens is 1. The molecular weight excluding hydrogens is 242 g/mol. The standard InChI is InChI=1S/C14H11N3S/c1-9-8-10(6-7-15-9)13-11-4-2-3-5-12(11)14(18)17-16-13/h2-8H,1H3,(H,17,18). The lowest BCUT2D eigenvalue weighted by molar-refractivity contribution is 1.04. The number of nitrogens with one attached hydrogen (secondary N) is 1. The molecule has 1 aromatic carbocycles. The molecule has 0 atom stereocenters. The molecule has 0 saturated heterocycles. The number of aryl methyl sites for hydroxylation is 1. The van der Waals surface area contributed by atoms with Gasteiger partial charge < -0.3 is 0 Å². The monoisotopic (exact) mass is 253 g/mol. The summed E-state index contributed by atoms with van der Waals surface area (Å²) in [5.41, 5.74) is 2.93. The van der Waals surface area contributed by atoms with Crippen LogP contribution in [-0.4, -0.2) is 15.2 Å². The van der Waals surface area contributed by atoms with Crippen LogP contribution in [0, 0.1) is 11.6 Å². The van der Waals surface area contributed by atoms with Gasteiger partial charge in [0, 0.05) is 28.2 Å². The normalized spacial score (nSPS) is 10.7. The van der Waals surface area contributed by atoms with E-state index in [9.17, 15) is 0 Å². The van der Waals surface area contributed by atoms with Crippen molar-refractivity contribution < 1.29 is 0 Å². The maximum atomic E-state index is 5.26. The first kappa shape index (κ1) is 11.0. The van der Waals surface area contributed by atoms with Gasteiger partial charge in [0.15, 0.2) is 0 Å². The molecule has 0 spiro atoms. The average molecular weight is 253 g/mol. The SMILES string of the molecule is Cc1cc(-c2n[nH]c(=S)c3ccccc23)ccn1. The van der Waals surface area contributed by atoms with Crippen molar-refractivity contribution in [3.63, 3.8) is 0 Å². The molecule has 18 heavy (non-hydrogen) atoms. The number of aromatic amines is 1. The van der Waals surface area contributed by atoms with E-state index >= 15 is 0 Å². The van der Waals surface area contributed by atoms with Gasteiger partial charge in [-0.3, -0.25) is 10.1 Å². The molecule has 3 nitrogen and oxygen atoms in total. The zero-order valence-corrected chi connectivity index (χ0v) is 10.7. The zero-order chi connectivity index (χ0) is 12.5. The van der Waals surface area contributed by atoms with Crippen LogP contribution in [0.3, 0.4) is 0 Å². The summed E-state index contributed by atoms with van der Waals surface area (Å²) < 4.78 is 0.667. The number of hydrogen-bond acceptors (Lipinski definition) is 3.